The number of unbranched alkanes of at least 4 members (excludes halogenated alkanes) is 1. The zero-order chi connectivity index (χ0) is 28.3. The SMILES string of the molecule is CCCCN(CC(F)(F)F)C(=O)C1c2ccccc2-c2cccc(-c3cnc(NC(=O)c4ccccc4)nc3)c21. The van der Waals surface area contributed by atoms with Gasteiger partial charge >= 0.3 is 6.18 Å². The summed E-state index contributed by atoms with van der Waals surface area (Å²) in [6.45, 7) is 0.589. The van der Waals surface area contributed by atoms with Crippen LogP contribution in [0.25, 0.3) is 22.3 Å². The first-order valence-electron chi connectivity index (χ1n) is 13.0. The van der Waals surface area contributed by atoms with E-state index in [1.807, 2.05) is 43.3 Å². The van der Waals surface area contributed by atoms with E-state index in [-0.39, 0.29) is 18.4 Å². The van der Waals surface area contributed by atoms with Gasteiger partial charge < -0.3 is 4.90 Å². The lowest BCUT2D eigenvalue weighted by molar-refractivity contribution is -0.161. The molecule has 0 radical (unpaired) electrons. The Bertz CT molecular complexity index is 1520. The number of rotatable bonds is 8. The molecule has 5 rings (SSSR count). The number of hydrogen-bond acceptors (Lipinski definition) is 4. The highest BCUT2D eigenvalue weighted by atomic mass is 19.4. The summed E-state index contributed by atoms with van der Waals surface area (Å²) in [7, 11) is 0. The van der Waals surface area contributed by atoms with Crippen LogP contribution in [0, 0.1) is 0 Å². The van der Waals surface area contributed by atoms with Gasteiger partial charge in [-0.1, -0.05) is 74.0 Å². The molecule has 1 aromatic heterocycles. The number of fused-ring (bicyclic) bond motifs is 3. The van der Waals surface area contributed by atoms with Crippen molar-refractivity contribution in [1.29, 1.82) is 0 Å². The molecule has 0 aliphatic heterocycles. The van der Waals surface area contributed by atoms with Gasteiger partial charge in [-0.05, 0) is 46.4 Å². The van der Waals surface area contributed by atoms with Crippen molar-refractivity contribution in [3.05, 3.63) is 102 Å². The molecule has 6 nitrogen and oxygen atoms in total. The number of halogens is 3. The molecule has 0 fully saturated rings. The molecule has 2 amide bonds. The van der Waals surface area contributed by atoms with E-state index in [1.165, 1.54) is 12.4 Å². The number of anilines is 1. The second-order valence-electron chi connectivity index (χ2n) is 9.63. The summed E-state index contributed by atoms with van der Waals surface area (Å²) in [6.07, 6.45) is -0.307. The van der Waals surface area contributed by atoms with Gasteiger partial charge in [-0.2, -0.15) is 13.2 Å². The van der Waals surface area contributed by atoms with Gasteiger partial charge in [-0.25, -0.2) is 9.97 Å². The summed E-state index contributed by atoms with van der Waals surface area (Å²) < 4.78 is 40.5. The van der Waals surface area contributed by atoms with Crippen LogP contribution in [0.3, 0.4) is 0 Å². The molecule has 204 valence electrons. The number of carbonyl (C=O) groups excluding carboxylic acids is 2. The van der Waals surface area contributed by atoms with E-state index in [2.05, 4.69) is 15.3 Å². The molecular weight excluding hydrogens is 517 g/mol. The third-order valence-corrected chi connectivity index (χ3v) is 6.89. The average molecular weight is 545 g/mol. The molecule has 9 heteroatoms. The van der Waals surface area contributed by atoms with Crippen molar-refractivity contribution in [1.82, 2.24) is 14.9 Å². The number of carbonyl (C=O) groups is 2. The van der Waals surface area contributed by atoms with Gasteiger partial charge in [0.1, 0.15) is 6.54 Å². The van der Waals surface area contributed by atoms with Crippen LogP contribution in [0.2, 0.25) is 0 Å². The Morgan fingerprint density at radius 2 is 1.52 bits per heavy atom. The van der Waals surface area contributed by atoms with E-state index in [4.69, 9.17) is 0 Å². The van der Waals surface area contributed by atoms with Crippen LogP contribution in [0.15, 0.2) is 85.2 Å². The highest BCUT2D eigenvalue weighted by Gasteiger charge is 2.41. The predicted molar refractivity (Wildman–Crippen MR) is 147 cm³/mol. The lowest BCUT2D eigenvalue weighted by Crippen LogP contribution is -2.42. The standard InChI is InChI=1S/C31H27F3N4O2/c1-2-3-16-38(19-31(32,33)34)29(40)27-25-13-8-7-12-23(25)24-15-9-14-22(26(24)27)21-17-35-30(36-18-21)37-28(39)20-10-5-4-6-11-20/h4-15,17-18,27H,2-3,16,19H2,1H3,(H,35,36,37,39). The van der Waals surface area contributed by atoms with Crippen molar-refractivity contribution in [2.75, 3.05) is 18.4 Å². The number of nitrogens with zero attached hydrogens (tertiary/aromatic N) is 3. The van der Waals surface area contributed by atoms with E-state index >= 15 is 0 Å². The van der Waals surface area contributed by atoms with E-state index < -0.39 is 24.5 Å². The molecule has 40 heavy (non-hydrogen) atoms. The smallest absolute Gasteiger partial charge is 0.333 e. The van der Waals surface area contributed by atoms with Crippen molar-refractivity contribution >= 4 is 17.8 Å². The molecule has 1 atom stereocenters. The Balaban J connectivity index is 1.51. The number of hydrogen-bond donors (Lipinski definition) is 1. The van der Waals surface area contributed by atoms with Crippen LogP contribution in [0.1, 0.15) is 47.2 Å². The Morgan fingerprint density at radius 3 is 2.23 bits per heavy atom. The number of aromatic nitrogens is 2. The van der Waals surface area contributed by atoms with Crippen LogP contribution in [-0.4, -0.2) is 45.9 Å². The zero-order valence-electron chi connectivity index (χ0n) is 21.8. The maximum Gasteiger partial charge on any atom is 0.406 e. The molecule has 0 bridgehead atoms. The molecule has 1 aliphatic rings. The van der Waals surface area contributed by atoms with Gasteiger partial charge in [0.15, 0.2) is 0 Å². The lowest BCUT2D eigenvalue weighted by Gasteiger charge is -2.28. The second kappa shape index (κ2) is 11.3. The Morgan fingerprint density at radius 1 is 0.875 bits per heavy atom. The predicted octanol–water partition coefficient (Wildman–Crippen LogP) is 6.70. The highest BCUT2D eigenvalue weighted by Crippen LogP contribution is 2.49. The molecule has 0 saturated heterocycles. The first kappa shape index (κ1) is 27.1. The van der Waals surface area contributed by atoms with Gasteiger partial charge in [0.2, 0.25) is 11.9 Å². The fraction of sp³-hybridized carbons (Fsp3) is 0.226. The van der Waals surface area contributed by atoms with Crippen LogP contribution >= 0.6 is 0 Å². The Labute approximate surface area is 229 Å². The second-order valence-corrected chi connectivity index (χ2v) is 9.63. The van der Waals surface area contributed by atoms with Crippen molar-refractivity contribution < 1.29 is 22.8 Å². The average Bonchev–Trinajstić information content (AvgIpc) is 3.30. The normalized spacial score (nSPS) is 13.8. The van der Waals surface area contributed by atoms with Crippen molar-refractivity contribution in [3.8, 4) is 22.3 Å². The molecule has 3 aromatic carbocycles. The molecule has 1 N–H and O–H groups in total. The third-order valence-electron chi connectivity index (χ3n) is 6.89. The largest absolute Gasteiger partial charge is 0.406 e. The van der Waals surface area contributed by atoms with E-state index in [0.29, 0.717) is 40.7 Å². The van der Waals surface area contributed by atoms with Gasteiger partial charge in [0, 0.05) is 30.1 Å². The van der Waals surface area contributed by atoms with Crippen molar-refractivity contribution in [2.45, 2.75) is 31.9 Å². The van der Waals surface area contributed by atoms with Crippen molar-refractivity contribution in [2.24, 2.45) is 0 Å². The van der Waals surface area contributed by atoms with E-state index in [1.54, 1.807) is 36.4 Å². The third kappa shape index (κ3) is 5.59. The summed E-state index contributed by atoms with van der Waals surface area (Å²) in [4.78, 5) is 35.9. The number of nitrogens with one attached hydrogen (secondary N) is 1. The van der Waals surface area contributed by atoms with Crippen LogP contribution in [0.5, 0.6) is 0 Å². The molecule has 1 heterocycles. The number of amides is 2. The lowest BCUT2D eigenvalue weighted by atomic mass is 9.89. The zero-order valence-corrected chi connectivity index (χ0v) is 21.8. The minimum Gasteiger partial charge on any atom is -0.333 e. The Hall–Kier alpha value is -4.53. The fourth-order valence-corrected chi connectivity index (χ4v) is 5.08. The van der Waals surface area contributed by atoms with Gasteiger partial charge in [0.05, 0.1) is 5.92 Å². The summed E-state index contributed by atoms with van der Waals surface area (Å²) in [5.41, 5.74) is 4.59. The minimum atomic E-state index is -4.52. The minimum absolute atomic E-state index is 0.0178. The highest BCUT2D eigenvalue weighted by molar-refractivity contribution is 6.03. The van der Waals surface area contributed by atoms with Crippen LogP contribution in [-0.2, 0) is 4.79 Å². The maximum absolute atomic E-state index is 13.9. The Kier molecular flexibility index (Phi) is 7.64. The molecule has 1 unspecified atom stereocenters. The van der Waals surface area contributed by atoms with Crippen LogP contribution in [0.4, 0.5) is 19.1 Å². The topological polar surface area (TPSA) is 75.2 Å². The molecule has 4 aromatic rings. The molecule has 0 saturated carbocycles. The van der Waals surface area contributed by atoms with E-state index in [0.717, 1.165) is 16.0 Å². The molecule has 0 spiro atoms. The molecular formula is C31H27F3N4O2. The number of alkyl halides is 3. The first-order valence-corrected chi connectivity index (χ1v) is 13.0. The van der Waals surface area contributed by atoms with Gasteiger partial charge in [-0.3, -0.25) is 14.9 Å². The molecule has 1 aliphatic carbocycles. The number of benzene rings is 3. The van der Waals surface area contributed by atoms with Crippen molar-refractivity contribution in [3.63, 3.8) is 0 Å². The van der Waals surface area contributed by atoms with Gasteiger partial charge in [0.25, 0.3) is 5.91 Å². The monoisotopic (exact) mass is 544 g/mol. The quantitative estimate of drug-likeness (QED) is 0.268. The summed E-state index contributed by atoms with van der Waals surface area (Å²) in [5.74, 6) is -1.74. The maximum atomic E-state index is 13.9. The summed E-state index contributed by atoms with van der Waals surface area (Å²) >= 11 is 0. The van der Waals surface area contributed by atoms with E-state index in [9.17, 15) is 22.8 Å². The summed E-state index contributed by atoms with van der Waals surface area (Å²) in [6, 6.07) is 21.5. The van der Waals surface area contributed by atoms with Gasteiger partial charge in [-0.15, -0.1) is 0 Å². The van der Waals surface area contributed by atoms with Crippen LogP contribution < -0.4 is 5.32 Å². The fourth-order valence-electron chi connectivity index (χ4n) is 5.08. The summed E-state index contributed by atoms with van der Waals surface area (Å²) in [5, 5.41) is 2.66. The first-order chi connectivity index (χ1) is 19.3.